The third kappa shape index (κ3) is 3.39. The van der Waals surface area contributed by atoms with Crippen molar-refractivity contribution >= 4 is 5.57 Å². The lowest BCUT2D eigenvalue weighted by molar-refractivity contribution is 0.816. The van der Waals surface area contributed by atoms with Crippen LogP contribution in [0, 0.1) is 6.92 Å². The van der Waals surface area contributed by atoms with Crippen LogP contribution in [0.1, 0.15) is 37.3 Å². The molecule has 80 valence electrons. The summed E-state index contributed by atoms with van der Waals surface area (Å²) >= 11 is 0. The lowest BCUT2D eigenvalue weighted by Gasteiger charge is -2.06. The fourth-order valence-electron chi connectivity index (χ4n) is 1.66. The summed E-state index contributed by atoms with van der Waals surface area (Å²) in [7, 11) is 0. The molecule has 0 radical (unpaired) electrons. The van der Waals surface area contributed by atoms with Crippen LogP contribution in [-0.2, 0) is 0 Å². The summed E-state index contributed by atoms with van der Waals surface area (Å²) < 4.78 is 0. The first-order valence-electron chi connectivity index (χ1n) is 5.68. The Morgan fingerprint density at radius 3 is 2.67 bits per heavy atom. The molecule has 0 heterocycles. The highest BCUT2D eigenvalue weighted by Crippen LogP contribution is 2.20. The van der Waals surface area contributed by atoms with Crippen molar-refractivity contribution in [3.05, 3.63) is 54.1 Å². The zero-order valence-electron chi connectivity index (χ0n) is 9.79. The summed E-state index contributed by atoms with van der Waals surface area (Å²) in [5.41, 5.74) is 3.89. The van der Waals surface area contributed by atoms with E-state index >= 15 is 0 Å². The van der Waals surface area contributed by atoms with Gasteiger partial charge in [0.25, 0.3) is 0 Å². The molecule has 0 N–H and O–H groups in total. The highest BCUT2D eigenvalue weighted by atomic mass is 14.0. The first-order valence-corrected chi connectivity index (χ1v) is 5.68. The van der Waals surface area contributed by atoms with Gasteiger partial charge in [-0.25, -0.2) is 0 Å². The van der Waals surface area contributed by atoms with Gasteiger partial charge in [0.2, 0.25) is 0 Å². The van der Waals surface area contributed by atoms with Crippen molar-refractivity contribution in [3.63, 3.8) is 0 Å². The lowest BCUT2D eigenvalue weighted by atomic mass is 9.99. The average molecular weight is 200 g/mol. The smallest absolute Gasteiger partial charge is 0.0158 e. The molecule has 0 fully saturated rings. The van der Waals surface area contributed by atoms with Gasteiger partial charge in [0, 0.05) is 0 Å². The summed E-state index contributed by atoms with van der Waals surface area (Å²) in [5.74, 6) is 0. The van der Waals surface area contributed by atoms with Crippen LogP contribution in [0.15, 0.2) is 43.0 Å². The number of hydrogen-bond donors (Lipinski definition) is 0. The van der Waals surface area contributed by atoms with Crippen molar-refractivity contribution in [2.75, 3.05) is 0 Å². The van der Waals surface area contributed by atoms with Crippen molar-refractivity contribution in [2.45, 2.75) is 33.1 Å². The van der Waals surface area contributed by atoms with Crippen LogP contribution in [-0.4, -0.2) is 0 Å². The fraction of sp³-hybridized carbons (Fsp3) is 0.333. The van der Waals surface area contributed by atoms with Crippen molar-refractivity contribution in [3.8, 4) is 0 Å². The number of aryl methyl sites for hydroxylation is 1. The van der Waals surface area contributed by atoms with E-state index in [1.165, 1.54) is 29.5 Å². The van der Waals surface area contributed by atoms with Gasteiger partial charge in [-0.1, -0.05) is 62.8 Å². The molecule has 0 nitrogen and oxygen atoms in total. The second-order valence-electron chi connectivity index (χ2n) is 3.82. The van der Waals surface area contributed by atoms with E-state index < -0.39 is 0 Å². The van der Waals surface area contributed by atoms with Gasteiger partial charge in [-0.2, -0.15) is 0 Å². The lowest BCUT2D eigenvalue weighted by Crippen LogP contribution is -1.85. The molecule has 0 aliphatic heterocycles. The first kappa shape index (κ1) is 11.8. The van der Waals surface area contributed by atoms with Gasteiger partial charge in [0.1, 0.15) is 0 Å². The minimum absolute atomic E-state index is 1.15. The maximum Gasteiger partial charge on any atom is -0.0158 e. The van der Waals surface area contributed by atoms with Crippen molar-refractivity contribution in [1.29, 1.82) is 0 Å². The second-order valence-corrected chi connectivity index (χ2v) is 3.82. The Morgan fingerprint density at radius 1 is 1.33 bits per heavy atom. The standard InChI is InChI=1S/C15H20/c1-4-6-7-11-14(5-2)15-12-9-8-10-13(15)3/h5,8-12H,2,4,6-7H2,1,3H3/b14-11+. The molecule has 1 aromatic carbocycles. The highest BCUT2D eigenvalue weighted by Gasteiger charge is 1.99. The quantitative estimate of drug-likeness (QED) is 0.475. The van der Waals surface area contributed by atoms with Gasteiger partial charge in [0.05, 0.1) is 0 Å². The summed E-state index contributed by atoms with van der Waals surface area (Å²) in [5, 5.41) is 0. The Hall–Kier alpha value is -1.30. The summed E-state index contributed by atoms with van der Waals surface area (Å²) in [6.07, 6.45) is 7.89. The molecule has 15 heavy (non-hydrogen) atoms. The predicted octanol–water partition coefficient (Wildman–Crippen LogP) is 4.75. The Labute approximate surface area is 93.3 Å². The van der Waals surface area contributed by atoms with E-state index in [0.29, 0.717) is 0 Å². The van der Waals surface area contributed by atoms with Crippen LogP contribution in [0.4, 0.5) is 0 Å². The predicted molar refractivity (Wildman–Crippen MR) is 68.9 cm³/mol. The molecule has 0 aromatic heterocycles. The molecular formula is C15H20. The second kappa shape index (κ2) is 6.23. The van der Waals surface area contributed by atoms with Crippen LogP contribution >= 0.6 is 0 Å². The number of hydrogen-bond acceptors (Lipinski definition) is 0. The molecule has 0 spiro atoms. The maximum absolute atomic E-state index is 3.89. The summed E-state index contributed by atoms with van der Waals surface area (Å²) in [4.78, 5) is 0. The van der Waals surface area contributed by atoms with E-state index in [9.17, 15) is 0 Å². The molecule has 0 atom stereocenters. The fourth-order valence-corrected chi connectivity index (χ4v) is 1.66. The Morgan fingerprint density at radius 2 is 2.07 bits per heavy atom. The molecule has 1 aromatic rings. The van der Waals surface area contributed by atoms with Crippen molar-refractivity contribution < 1.29 is 0 Å². The minimum Gasteiger partial charge on any atom is -0.0985 e. The molecule has 0 unspecified atom stereocenters. The molecule has 0 amide bonds. The van der Waals surface area contributed by atoms with Crippen LogP contribution in [0.2, 0.25) is 0 Å². The number of unbranched alkanes of at least 4 members (excludes halogenated alkanes) is 2. The number of benzene rings is 1. The normalized spacial score (nSPS) is 11.5. The Balaban J connectivity index is 2.87. The molecule has 0 saturated heterocycles. The zero-order valence-corrected chi connectivity index (χ0v) is 9.79. The molecular weight excluding hydrogens is 180 g/mol. The van der Waals surface area contributed by atoms with Crippen LogP contribution in [0.25, 0.3) is 5.57 Å². The molecule has 0 saturated carbocycles. The van der Waals surface area contributed by atoms with E-state index in [-0.39, 0.29) is 0 Å². The largest absolute Gasteiger partial charge is 0.0985 e. The number of allylic oxidation sites excluding steroid dienone is 3. The van der Waals surface area contributed by atoms with E-state index in [1.807, 2.05) is 6.08 Å². The van der Waals surface area contributed by atoms with Crippen molar-refractivity contribution in [2.24, 2.45) is 0 Å². The molecule has 0 aliphatic carbocycles. The molecule has 0 bridgehead atoms. The first-order chi connectivity index (χ1) is 7.29. The van der Waals surface area contributed by atoms with Crippen LogP contribution < -0.4 is 0 Å². The van der Waals surface area contributed by atoms with E-state index in [1.54, 1.807) is 0 Å². The monoisotopic (exact) mass is 200 g/mol. The van der Waals surface area contributed by atoms with E-state index in [0.717, 1.165) is 6.42 Å². The van der Waals surface area contributed by atoms with Crippen LogP contribution in [0.5, 0.6) is 0 Å². The van der Waals surface area contributed by atoms with Crippen LogP contribution in [0.3, 0.4) is 0 Å². The summed E-state index contributed by atoms with van der Waals surface area (Å²) in [6.45, 7) is 8.25. The molecule has 1 rings (SSSR count). The third-order valence-electron chi connectivity index (χ3n) is 2.60. The minimum atomic E-state index is 1.15. The Kier molecular flexibility index (Phi) is 4.89. The summed E-state index contributed by atoms with van der Waals surface area (Å²) in [6, 6.07) is 8.46. The van der Waals surface area contributed by atoms with Gasteiger partial charge in [-0.3, -0.25) is 0 Å². The zero-order chi connectivity index (χ0) is 11.1. The highest BCUT2D eigenvalue weighted by molar-refractivity contribution is 5.75. The number of rotatable bonds is 5. The SMILES string of the molecule is C=C/C(=C\CCCC)c1ccccc1C. The maximum atomic E-state index is 3.89. The van der Waals surface area contributed by atoms with E-state index in [4.69, 9.17) is 0 Å². The third-order valence-corrected chi connectivity index (χ3v) is 2.60. The molecule has 0 aliphatic rings. The topological polar surface area (TPSA) is 0 Å². The van der Waals surface area contributed by atoms with Gasteiger partial charge in [-0.05, 0) is 30.0 Å². The van der Waals surface area contributed by atoms with Gasteiger partial charge in [-0.15, -0.1) is 0 Å². The van der Waals surface area contributed by atoms with Gasteiger partial charge in [0.15, 0.2) is 0 Å². The van der Waals surface area contributed by atoms with Gasteiger partial charge >= 0.3 is 0 Å². The van der Waals surface area contributed by atoms with E-state index in [2.05, 4.69) is 50.8 Å². The van der Waals surface area contributed by atoms with Crippen molar-refractivity contribution in [1.82, 2.24) is 0 Å². The molecule has 0 heteroatoms. The average Bonchev–Trinajstić information content (AvgIpc) is 2.26. The van der Waals surface area contributed by atoms with Gasteiger partial charge < -0.3 is 0 Å². The Bertz CT molecular complexity index is 345.